The largest absolute Gasteiger partial charge is 0.456 e. The van der Waals surface area contributed by atoms with E-state index in [0.717, 1.165) is 72.3 Å². The molecule has 51 heavy (non-hydrogen) atoms. The SMILES string of the molecule is c1ccc(-c2nc(-c3ccc4oc5ccccc5c4c3)cc(-n3c4ccccc4c4ccc5c6ccccc6n(-c6ccccc6)c5c43)n2)cc1. The second kappa shape index (κ2) is 10.8. The van der Waals surface area contributed by atoms with Crippen LogP contribution in [-0.2, 0) is 0 Å². The second-order valence-electron chi connectivity index (χ2n) is 13.0. The molecule has 0 atom stereocenters. The van der Waals surface area contributed by atoms with Crippen molar-refractivity contribution in [3.63, 3.8) is 0 Å². The van der Waals surface area contributed by atoms with Gasteiger partial charge in [0.25, 0.3) is 0 Å². The van der Waals surface area contributed by atoms with Crippen molar-refractivity contribution in [3.05, 3.63) is 170 Å². The molecule has 0 bridgehead atoms. The van der Waals surface area contributed by atoms with Gasteiger partial charge in [0.1, 0.15) is 17.0 Å². The van der Waals surface area contributed by atoms with Gasteiger partial charge in [-0.1, -0.05) is 115 Å². The molecular weight excluding hydrogens is 625 g/mol. The lowest BCUT2D eigenvalue weighted by Gasteiger charge is -2.14. The minimum absolute atomic E-state index is 0.668. The minimum atomic E-state index is 0.668. The van der Waals surface area contributed by atoms with Crippen LogP contribution in [0.1, 0.15) is 0 Å². The summed E-state index contributed by atoms with van der Waals surface area (Å²) in [6, 6.07) is 59.5. The molecule has 7 aromatic carbocycles. The monoisotopic (exact) mass is 652 g/mol. The molecule has 11 aromatic rings. The Morgan fingerprint density at radius 2 is 0.980 bits per heavy atom. The first-order valence-electron chi connectivity index (χ1n) is 17.2. The highest BCUT2D eigenvalue weighted by Gasteiger charge is 2.23. The van der Waals surface area contributed by atoms with Gasteiger partial charge in [-0.15, -0.1) is 0 Å². The van der Waals surface area contributed by atoms with E-state index in [-0.39, 0.29) is 0 Å². The van der Waals surface area contributed by atoms with Crippen molar-refractivity contribution >= 4 is 65.6 Å². The highest BCUT2D eigenvalue weighted by atomic mass is 16.3. The summed E-state index contributed by atoms with van der Waals surface area (Å²) < 4.78 is 10.9. The predicted molar refractivity (Wildman–Crippen MR) is 209 cm³/mol. The highest BCUT2D eigenvalue weighted by Crippen LogP contribution is 2.42. The first-order chi connectivity index (χ1) is 25.3. The maximum absolute atomic E-state index is 6.19. The van der Waals surface area contributed by atoms with Gasteiger partial charge >= 0.3 is 0 Å². The first-order valence-corrected chi connectivity index (χ1v) is 17.2. The molecule has 4 heterocycles. The molecule has 0 saturated carbocycles. The van der Waals surface area contributed by atoms with Gasteiger partial charge in [0.2, 0.25) is 0 Å². The number of aromatic nitrogens is 4. The van der Waals surface area contributed by atoms with Gasteiger partial charge in [0.05, 0.1) is 27.8 Å². The third-order valence-electron chi connectivity index (χ3n) is 10.1. The van der Waals surface area contributed by atoms with Gasteiger partial charge in [-0.05, 0) is 48.5 Å². The van der Waals surface area contributed by atoms with E-state index in [9.17, 15) is 0 Å². The van der Waals surface area contributed by atoms with Crippen LogP contribution in [0.3, 0.4) is 0 Å². The fourth-order valence-electron chi connectivity index (χ4n) is 7.88. The average Bonchev–Trinajstić information content (AvgIpc) is 3.86. The molecule has 0 N–H and O–H groups in total. The number of para-hydroxylation sites is 4. The third kappa shape index (κ3) is 4.15. The summed E-state index contributed by atoms with van der Waals surface area (Å²) in [7, 11) is 0. The maximum atomic E-state index is 6.19. The summed E-state index contributed by atoms with van der Waals surface area (Å²) in [5.74, 6) is 1.47. The van der Waals surface area contributed by atoms with Crippen LogP contribution in [0.15, 0.2) is 174 Å². The van der Waals surface area contributed by atoms with Crippen molar-refractivity contribution in [1.29, 1.82) is 0 Å². The molecule has 0 aliphatic rings. The Labute approximate surface area is 292 Å². The zero-order valence-electron chi connectivity index (χ0n) is 27.4. The molecular formula is C46H28N4O. The number of furan rings is 1. The Bertz CT molecular complexity index is 3130. The van der Waals surface area contributed by atoms with Crippen molar-refractivity contribution in [2.45, 2.75) is 0 Å². The number of hydrogen-bond donors (Lipinski definition) is 0. The van der Waals surface area contributed by atoms with E-state index >= 15 is 0 Å². The molecule has 11 rings (SSSR count). The lowest BCUT2D eigenvalue weighted by Crippen LogP contribution is -2.04. The Kier molecular flexibility index (Phi) is 5.89. The lowest BCUT2D eigenvalue weighted by atomic mass is 10.1. The fourth-order valence-corrected chi connectivity index (χ4v) is 7.88. The van der Waals surface area contributed by atoms with Crippen molar-refractivity contribution < 1.29 is 4.42 Å². The van der Waals surface area contributed by atoms with Crippen LogP contribution in [-0.4, -0.2) is 19.1 Å². The highest BCUT2D eigenvalue weighted by molar-refractivity contribution is 6.23. The quantitative estimate of drug-likeness (QED) is 0.190. The lowest BCUT2D eigenvalue weighted by molar-refractivity contribution is 0.669. The maximum Gasteiger partial charge on any atom is 0.162 e. The molecule has 0 saturated heterocycles. The number of fused-ring (bicyclic) bond motifs is 10. The van der Waals surface area contributed by atoms with Gasteiger partial charge in [-0.2, -0.15) is 0 Å². The molecule has 4 aromatic heterocycles. The Morgan fingerprint density at radius 1 is 0.392 bits per heavy atom. The van der Waals surface area contributed by atoms with E-state index in [0.29, 0.717) is 5.82 Å². The molecule has 0 aliphatic carbocycles. The topological polar surface area (TPSA) is 48.8 Å². The van der Waals surface area contributed by atoms with E-state index in [1.165, 1.54) is 21.5 Å². The van der Waals surface area contributed by atoms with Crippen LogP contribution >= 0.6 is 0 Å². The van der Waals surface area contributed by atoms with E-state index in [1.54, 1.807) is 0 Å². The smallest absolute Gasteiger partial charge is 0.162 e. The van der Waals surface area contributed by atoms with Crippen molar-refractivity contribution in [3.8, 4) is 34.2 Å². The van der Waals surface area contributed by atoms with E-state index in [2.05, 4.69) is 149 Å². The standard InChI is InChI=1S/C46H28N4O/c1-3-13-29(14-4-1)46-47-38(30-23-26-42-37(27-30)34-19-9-12-22-41(34)51-42)28-43(48-46)50-40-21-11-8-18-33(40)36-25-24-35-32-17-7-10-20-39(32)49(44(35)45(36)50)31-15-5-2-6-16-31/h1-28H. The van der Waals surface area contributed by atoms with E-state index in [1.807, 2.05) is 30.3 Å². The predicted octanol–water partition coefficient (Wildman–Crippen LogP) is 11.9. The number of benzene rings is 7. The molecule has 0 spiro atoms. The van der Waals surface area contributed by atoms with Crippen molar-refractivity contribution in [2.75, 3.05) is 0 Å². The van der Waals surface area contributed by atoms with Gasteiger partial charge in [-0.3, -0.25) is 4.57 Å². The first kappa shape index (κ1) is 27.9. The van der Waals surface area contributed by atoms with Gasteiger partial charge in [0, 0.05) is 55.2 Å². The molecule has 0 radical (unpaired) electrons. The fraction of sp³-hybridized carbons (Fsp3) is 0. The van der Waals surface area contributed by atoms with Crippen molar-refractivity contribution in [2.24, 2.45) is 0 Å². The zero-order valence-corrected chi connectivity index (χ0v) is 27.4. The molecule has 0 amide bonds. The molecule has 0 unspecified atom stereocenters. The van der Waals surface area contributed by atoms with Crippen LogP contribution in [0.25, 0.3) is 99.7 Å². The summed E-state index contributed by atoms with van der Waals surface area (Å²) in [6.07, 6.45) is 0. The van der Waals surface area contributed by atoms with Gasteiger partial charge < -0.3 is 8.98 Å². The number of rotatable bonds is 4. The summed E-state index contributed by atoms with van der Waals surface area (Å²) in [5, 5.41) is 6.91. The normalized spacial score (nSPS) is 11.9. The summed E-state index contributed by atoms with van der Waals surface area (Å²) >= 11 is 0. The van der Waals surface area contributed by atoms with E-state index < -0.39 is 0 Å². The van der Waals surface area contributed by atoms with Gasteiger partial charge in [-0.25, -0.2) is 9.97 Å². The molecule has 5 nitrogen and oxygen atoms in total. The summed E-state index contributed by atoms with van der Waals surface area (Å²) in [5.41, 5.74) is 10.1. The van der Waals surface area contributed by atoms with Crippen LogP contribution in [0, 0.1) is 0 Å². The van der Waals surface area contributed by atoms with Crippen LogP contribution in [0.4, 0.5) is 0 Å². The minimum Gasteiger partial charge on any atom is -0.456 e. The summed E-state index contributed by atoms with van der Waals surface area (Å²) in [6.45, 7) is 0. The Hall–Kier alpha value is -6.98. The van der Waals surface area contributed by atoms with Crippen LogP contribution in [0.5, 0.6) is 0 Å². The number of nitrogens with zero attached hydrogens (tertiary/aromatic N) is 4. The number of hydrogen-bond acceptors (Lipinski definition) is 3. The van der Waals surface area contributed by atoms with E-state index in [4.69, 9.17) is 14.4 Å². The average molecular weight is 653 g/mol. The van der Waals surface area contributed by atoms with Crippen LogP contribution in [0.2, 0.25) is 0 Å². The molecule has 0 aliphatic heterocycles. The summed E-state index contributed by atoms with van der Waals surface area (Å²) in [4.78, 5) is 10.6. The third-order valence-corrected chi connectivity index (χ3v) is 10.1. The molecule has 238 valence electrons. The Balaban J connectivity index is 1.28. The second-order valence-corrected chi connectivity index (χ2v) is 13.0. The van der Waals surface area contributed by atoms with Crippen LogP contribution < -0.4 is 0 Å². The van der Waals surface area contributed by atoms with Crippen molar-refractivity contribution in [1.82, 2.24) is 19.1 Å². The van der Waals surface area contributed by atoms with Gasteiger partial charge in [0.15, 0.2) is 5.82 Å². The zero-order chi connectivity index (χ0) is 33.5. The molecule has 5 heteroatoms. The molecule has 0 fully saturated rings. The Morgan fingerprint density at radius 3 is 1.73 bits per heavy atom.